The second-order valence-electron chi connectivity index (χ2n) is 4.35. The molecule has 0 saturated heterocycles. The topological polar surface area (TPSA) is 75.4 Å². The van der Waals surface area contributed by atoms with E-state index in [0.29, 0.717) is 5.69 Å². The number of hydrogen-bond acceptors (Lipinski definition) is 3. The summed E-state index contributed by atoms with van der Waals surface area (Å²) >= 11 is 0. The number of carbonyl (C=O) groups is 2. The van der Waals surface area contributed by atoms with Crippen molar-refractivity contribution in [2.45, 2.75) is 25.8 Å². The first kappa shape index (κ1) is 11.6. The van der Waals surface area contributed by atoms with E-state index in [4.69, 9.17) is 5.11 Å². The van der Waals surface area contributed by atoms with Crippen LogP contribution >= 0.6 is 0 Å². The summed E-state index contributed by atoms with van der Waals surface area (Å²) in [5.74, 6) is -1.23. The van der Waals surface area contributed by atoms with Crippen LogP contribution in [0.3, 0.4) is 0 Å². The van der Waals surface area contributed by atoms with Crippen LogP contribution in [-0.2, 0) is 11.8 Å². The highest BCUT2D eigenvalue weighted by Crippen LogP contribution is 2.28. The Morgan fingerprint density at radius 3 is 2.65 bits per heavy atom. The molecule has 0 spiro atoms. The summed E-state index contributed by atoms with van der Waals surface area (Å²) in [5.41, 5.74) is 1.19. The molecule has 1 N–H and O–H groups in total. The zero-order valence-electron chi connectivity index (χ0n) is 9.88. The van der Waals surface area contributed by atoms with Crippen molar-refractivity contribution < 1.29 is 14.7 Å². The van der Waals surface area contributed by atoms with Crippen LogP contribution in [0.4, 0.5) is 0 Å². The Balaban J connectivity index is 2.21. The first-order valence-corrected chi connectivity index (χ1v) is 5.52. The van der Waals surface area contributed by atoms with Gasteiger partial charge in [0, 0.05) is 13.1 Å². The van der Waals surface area contributed by atoms with E-state index in [-0.39, 0.29) is 18.5 Å². The molecule has 0 radical (unpaired) electrons. The Kier molecular flexibility index (Phi) is 2.87. The average molecular weight is 237 g/mol. The Hall–Kier alpha value is -1.85. The van der Waals surface area contributed by atoms with E-state index in [1.165, 1.54) is 9.58 Å². The maximum absolute atomic E-state index is 12.2. The molecule has 1 amide bonds. The lowest BCUT2D eigenvalue weighted by molar-refractivity contribution is -0.137. The summed E-state index contributed by atoms with van der Waals surface area (Å²) < 4.78 is 1.49. The fraction of sp³-hybridized carbons (Fsp3) is 0.545. The number of amides is 1. The summed E-state index contributed by atoms with van der Waals surface area (Å²) in [6.07, 6.45) is 1.77. The van der Waals surface area contributed by atoms with Gasteiger partial charge in [-0.05, 0) is 25.8 Å². The third kappa shape index (κ3) is 2.46. The van der Waals surface area contributed by atoms with Crippen molar-refractivity contribution >= 4 is 11.9 Å². The predicted molar refractivity (Wildman–Crippen MR) is 59.6 cm³/mol. The molecule has 0 unspecified atom stereocenters. The third-order valence-corrected chi connectivity index (χ3v) is 2.78. The molecule has 1 aromatic heterocycles. The molecule has 1 aliphatic carbocycles. The van der Waals surface area contributed by atoms with Crippen LogP contribution in [0.1, 0.15) is 29.0 Å². The van der Waals surface area contributed by atoms with Gasteiger partial charge < -0.3 is 10.0 Å². The molecule has 0 atom stereocenters. The van der Waals surface area contributed by atoms with Gasteiger partial charge in [0.1, 0.15) is 12.2 Å². The number of carboxylic acids is 1. The highest BCUT2D eigenvalue weighted by molar-refractivity contribution is 5.94. The normalized spacial score (nSPS) is 14.7. The summed E-state index contributed by atoms with van der Waals surface area (Å²) in [6, 6.07) is 1.76. The minimum absolute atomic E-state index is 0.0776. The maximum atomic E-state index is 12.2. The molecule has 0 bridgehead atoms. The van der Waals surface area contributed by atoms with Crippen molar-refractivity contribution in [3.63, 3.8) is 0 Å². The first-order valence-electron chi connectivity index (χ1n) is 5.52. The van der Waals surface area contributed by atoms with Gasteiger partial charge in [0.2, 0.25) is 0 Å². The van der Waals surface area contributed by atoms with Gasteiger partial charge in [-0.15, -0.1) is 0 Å². The summed E-state index contributed by atoms with van der Waals surface area (Å²) in [4.78, 5) is 24.4. The molecule has 6 nitrogen and oxygen atoms in total. The molecule has 0 aliphatic heterocycles. The fourth-order valence-electron chi connectivity index (χ4n) is 1.86. The van der Waals surface area contributed by atoms with Crippen molar-refractivity contribution in [3.05, 3.63) is 17.5 Å². The second-order valence-corrected chi connectivity index (χ2v) is 4.35. The van der Waals surface area contributed by atoms with E-state index in [2.05, 4.69) is 5.10 Å². The predicted octanol–water partition coefficient (Wildman–Crippen LogP) is 0.418. The van der Waals surface area contributed by atoms with Gasteiger partial charge in [-0.1, -0.05) is 0 Å². The van der Waals surface area contributed by atoms with Crippen molar-refractivity contribution in [3.8, 4) is 0 Å². The van der Waals surface area contributed by atoms with Crippen LogP contribution in [0, 0.1) is 6.92 Å². The van der Waals surface area contributed by atoms with Crippen LogP contribution in [-0.4, -0.2) is 44.3 Å². The van der Waals surface area contributed by atoms with Crippen LogP contribution in [0.2, 0.25) is 0 Å². The van der Waals surface area contributed by atoms with Gasteiger partial charge in [-0.2, -0.15) is 5.10 Å². The molecule has 2 rings (SSSR count). The van der Waals surface area contributed by atoms with E-state index >= 15 is 0 Å². The summed E-state index contributed by atoms with van der Waals surface area (Å²) in [5, 5.41) is 12.9. The van der Waals surface area contributed by atoms with Crippen LogP contribution in [0.25, 0.3) is 0 Å². The van der Waals surface area contributed by atoms with Gasteiger partial charge in [0.05, 0.1) is 5.69 Å². The van der Waals surface area contributed by atoms with Gasteiger partial charge in [-0.3, -0.25) is 14.3 Å². The van der Waals surface area contributed by atoms with E-state index in [0.717, 1.165) is 18.5 Å². The molecule has 1 saturated carbocycles. The van der Waals surface area contributed by atoms with Crippen molar-refractivity contribution in [2.75, 3.05) is 6.54 Å². The van der Waals surface area contributed by atoms with Crippen LogP contribution in [0.5, 0.6) is 0 Å². The highest BCUT2D eigenvalue weighted by Gasteiger charge is 2.35. The number of aryl methyl sites for hydroxylation is 2. The lowest BCUT2D eigenvalue weighted by Crippen LogP contribution is -2.38. The molecule has 92 valence electrons. The Labute approximate surface area is 98.8 Å². The molecule has 0 aromatic carbocycles. The molecule has 17 heavy (non-hydrogen) atoms. The number of aromatic nitrogens is 2. The Morgan fingerprint density at radius 1 is 1.59 bits per heavy atom. The van der Waals surface area contributed by atoms with E-state index in [9.17, 15) is 9.59 Å². The molecule has 1 heterocycles. The number of aliphatic carboxylic acids is 1. The highest BCUT2D eigenvalue weighted by atomic mass is 16.4. The van der Waals surface area contributed by atoms with E-state index in [1.54, 1.807) is 20.0 Å². The zero-order valence-corrected chi connectivity index (χ0v) is 9.88. The lowest BCUT2D eigenvalue weighted by atomic mass is 10.3. The number of rotatable bonds is 4. The molecule has 1 aromatic rings. The van der Waals surface area contributed by atoms with Gasteiger partial charge in [-0.25, -0.2) is 0 Å². The minimum Gasteiger partial charge on any atom is -0.480 e. The van der Waals surface area contributed by atoms with Crippen molar-refractivity contribution in [2.24, 2.45) is 7.05 Å². The third-order valence-electron chi connectivity index (χ3n) is 2.78. The molecular formula is C11H15N3O3. The van der Waals surface area contributed by atoms with Gasteiger partial charge in [0.15, 0.2) is 0 Å². The second kappa shape index (κ2) is 4.20. The fourth-order valence-corrected chi connectivity index (χ4v) is 1.86. The van der Waals surface area contributed by atoms with Gasteiger partial charge >= 0.3 is 5.97 Å². The SMILES string of the molecule is Cc1cc(C(=O)N(CC(=O)O)C2CC2)n(C)n1. The number of nitrogens with zero attached hydrogens (tertiary/aromatic N) is 3. The Bertz CT molecular complexity index is 463. The molecule has 1 aliphatic rings. The average Bonchev–Trinajstić information content (AvgIpc) is 3.00. The Morgan fingerprint density at radius 2 is 2.24 bits per heavy atom. The maximum Gasteiger partial charge on any atom is 0.323 e. The molecule has 6 heteroatoms. The monoisotopic (exact) mass is 237 g/mol. The van der Waals surface area contributed by atoms with Crippen LogP contribution < -0.4 is 0 Å². The standard InChI is InChI=1S/C11H15N3O3/c1-7-5-9(13(2)12-7)11(17)14(6-10(15)16)8-3-4-8/h5,8H,3-4,6H2,1-2H3,(H,15,16). The van der Waals surface area contributed by atoms with Crippen molar-refractivity contribution in [1.82, 2.24) is 14.7 Å². The smallest absolute Gasteiger partial charge is 0.323 e. The quantitative estimate of drug-likeness (QED) is 0.823. The molecular weight excluding hydrogens is 222 g/mol. The van der Waals surface area contributed by atoms with E-state index in [1.807, 2.05) is 0 Å². The first-order chi connectivity index (χ1) is 7.99. The molecule has 1 fully saturated rings. The lowest BCUT2D eigenvalue weighted by Gasteiger charge is -2.19. The summed E-state index contributed by atoms with van der Waals surface area (Å²) in [6.45, 7) is 1.56. The van der Waals surface area contributed by atoms with Crippen molar-refractivity contribution in [1.29, 1.82) is 0 Å². The van der Waals surface area contributed by atoms with Crippen LogP contribution in [0.15, 0.2) is 6.07 Å². The largest absolute Gasteiger partial charge is 0.480 e. The minimum atomic E-state index is -0.982. The number of carbonyl (C=O) groups excluding carboxylic acids is 1. The van der Waals surface area contributed by atoms with Gasteiger partial charge in [0.25, 0.3) is 5.91 Å². The van der Waals surface area contributed by atoms with E-state index < -0.39 is 5.97 Å². The zero-order chi connectivity index (χ0) is 12.6. The summed E-state index contributed by atoms with van der Waals surface area (Å²) in [7, 11) is 1.69. The number of carboxylic acid groups (broad SMARTS) is 1. The number of hydrogen-bond donors (Lipinski definition) is 1.